The highest BCUT2D eigenvalue weighted by molar-refractivity contribution is 5.76. The second kappa shape index (κ2) is 7.11. The van der Waals surface area contributed by atoms with Gasteiger partial charge < -0.3 is 15.4 Å². The largest absolute Gasteiger partial charge is 0.497 e. The molecule has 0 unspecified atom stereocenters. The van der Waals surface area contributed by atoms with E-state index in [0.29, 0.717) is 6.54 Å². The fourth-order valence-corrected chi connectivity index (χ4v) is 1.17. The minimum atomic E-state index is -0.260. The molecule has 2 amide bonds. The van der Waals surface area contributed by atoms with E-state index in [2.05, 4.69) is 17.2 Å². The van der Waals surface area contributed by atoms with Crippen LogP contribution >= 0.6 is 0 Å². The summed E-state index contributed by atoms with van der Waals surface area (Å²) >= 11 is 0. The first-order valence-corrected chi connectivity index (χ1v) is 5.22. The third-order valence-electron chi connectivity index (χ3n) is 1.99. The van der Waals surface area contributed by atoms with Gasteiger partial charge in [-0.3, -0.25) is 0 Å². The summed E-state index contributed by atoms with van der Waals surface area (Å²) in [6, 6.07) is 7.28. The van der Waals surface area contributed by atoms with Crippen LogP contribution in [0.4, 0.5) is 4.79 Å². The van der Waals surface area contributed by atoms with Gasteiger partial charge in [0.15, 0.2) is 0 Å². The Morgan fingerprint density at radius 2 is 2.35 bits per heavy atom. The third kappa shape index (κ3) is 4.88. The summed E-state index contributed by atoms with van der Waals surface area (Å²) in [5.74, 6) is 0.781. The molecule has 1 aromatic rings. The van der Waals surface area contributed by atoms with E-state index in [0.717, 1.165) is 11.3 Å². The van der Waals surface area contributed by atoms with E-state index in [4.69, 9.17) is 4.74 Å². The van der Waals surface area contributed by atoms with Crippen molar-refractivity contribution in [1.82, 2.24) is 10.6 Å². The fourth-order valence-electron chi connectivity index (χ4n) is 1.17. The number of ether oxygens (including phenoxy) is 1. The van der Waals surface area contributed by atoms with Gasteiger partial charge in [-0.15, -0.1) is 6.58 Å². The fraction of sp³-hybridized carbons (Fsp3) is 0.154. The number of rotatable bonds is 5. The highest BCUT2D eigenvalue weighted by Crippen LogP contribution is 2.13. The summed E-state index contributed by atoms with van der Waals surface area (Å²) in [6.07, 6.45) is 4.98. The molecule has 2 N–H and O–H groups in total. The SMILES string of the molecule is C=CCNC(=O)N/C=C/c1cccc(OC)c1. The number of carbonyl (C=O) groups is 1. The van der Waals surface area contributed by atoms with Crippen LogP contribution in [-0.4, -0.2) is 19.7 Å². The van der Waals surface area contributed by atoms with Gasteiger partial charge in [-0.05, 0) is 23.8 Å². The third-order valence-corrected chi connectivity index (χ3v) is 1.99. The standard InChI is InChI=1S/C13H16N2O2/c1-3-8-14-13(16)15-9-7-11-5-4-6-12(10-11)17-2/h3-7,9-10H,1,8H2,2H3,(H2,14,15,16)/b9-7+. The highest BCUT2D eigenvalue weighted by atomic mass is 16.5. The van der Waals surface area contributed by atoms with E-state index >= 15 is 0 Å². The molecular formula is C13H16N2O2. The van der Waals surface area contributed by atoms with Gasteiger partial charge in [-0.2, -0.15) is 0 Å². The van der Waals surface area contributed by atoms with E-state index in [1.165, 1.54) is 0 Å². The first-order valence-electron chi connectivity index (χ1n) is 5.22. The summed E-state index contributed by atoms with van der Waals surface area (Å²) in [5.41, 5.74) is 0.952. The Labute approximate surface area is 101 Å². The van der Waals surface area contributed by atoms with Gasteiger partial charge in [0, 0.05) is 12.7 Å². The minimum absolute atomic E-state index is 0.260. The van der Waals surface area contributed by atoms with Crippen LogP contribution in [0.5, 0.6) is 5.75 Å². The highest BCUT2D eigenvalue weighted by Gasteiger charge is 1.94. The lowest BCUT2D eigenvalue weighted by Gasteiger charge is -2.01. The predicted octanol–water partition coefficient (Wildman–Crippen LogP) is 2.15. The van der Waals surface area contributed by atoms with Crippen LogP contribution in [0.25, 0.3) is 6.08 Å². The maximum atomic E-state index is 11.2. The summed E-state index contributed by atoms with van der Waals surface area (Å²) < 4.78 is 5.09. The number of hydrogen-bond acceptors (Lipinski definition) is 2. The molecule has 0 fully saturated rings. The second-order valence-electron chi connectivity index (χ2n) is 3.25. The first-order chi connectivity index (χ1) is 8.26. The van der Waals surface area contributed by atoms with Crippen LogP contribution in [-0.2, 0) is 0 Å². The molecule has 0 saturated carbocycles. The molecule has 4 nitrogen and oxygen atoms in total. The van der Waals surface area contributed by atoms with Crippen LogP contribution in [0.1, 0.15) is 5.56 Å². The molecule has 0 aliphatic heterocycles. The van der Waals surface area contributed by atoms with Crippen LogP contribution < -0.4 is 15.4 Å². The molecule has 0 aromatic heterocycles. The molecule has 0 radical (unpaired) electrons. The Bertz CT molecular complexity index is 414. The van der Waals surface area contributed by atoms with Crippen molar-refractivity contribution < 1.29 is 9.53 Å². The van der Waals surface area contributed by atoms with E-state index in [9.17, 15) is 4.79 Å². The topological polar surface area (TPSA) is 50.4 Å². The quantitative estimate of drug-likeness (QED) is 0.764. The van der Waals surface area contributed by atoms with Gasteiger partial charge in [-0.25, -0.2) is 4.79 Å². The molecule has 0 bridgehead atoms. The Kier molecular flexibility index (Phi) is 5.37. The van der Waals surface area contributed by atoms with Gasteiger partial charge in [0.25, 0.3) is 0 Å². The predicted molar refractivity (Wildman–Crippen MR) is 68.8 cm³/mol. The second-order valence-corrected chi connectivity index (χ2v) is 3.25. The average molecular weight is 232 g/mol. The number of methoxy groups -OCH3 is 1. The normalized spacial score (nSPS) is 9.94. The van der Waals surface area contributed by atoms with Crippen LogP contribution in [0.2, 0.25) is 0 Å². The van der Waals surface area contributed by atoms with Crippen molar-refractivity contribution in [3.05, 3.63) is 48.7 Å². The van der Waals surface area contributed by atoms with Gasteiger partial charge in [0.05, 0.1) is 7.11 Å². The summed E-state index contributed by atoms with van der Waals surface area (Å²) in [7, 11) is 1.61. The lowest BCUT2D eigenvalue weighted by Crippen LogP contribution is -2.31. The number of carbonyl (C=O) groups excluding carboxylic acids is 1. The molecule has 17 heavy (non-hydrogen) atoms. The zero-order valence-corrected chi connectivity index (χ0v) is 9.77. The molecule has 0 aliphatic carbocycles. The van der Waals surface area contributed by atoms with Crippen molar-refractivity contribution in [3.8, 4) is 5.75 Å². The summed E-state index contributed by atoms with van der Waals surface area (Å²) in [4.78, 5) is 11.2. The van der Waals surface area contributed by atoms with Gasteiger partial charge in [0.2, 0.25) is 0 Å². The number of urea groups is 1. The molecule has 0 atom stereocenters. The van der Waals surface area contributed by atoms with E-state index in [1.807, 2.05) is 24.3 Å². The van der Waals surface area contributed by atoms with Gasteiger partial charge in [-0.1, -0.05) is 18.2 Å². The average Bonchev–Trinajstić information content (AvgIpc) is 2.36. The summed E-state index contributed by atoms with van der Waals surface area (Å²) in [5, 5.41) is 5.18. The van der Waals surface area contributed by atoms with Crippen molar-refractivity contribution in [2.24, 2.45) is 0 Å². The van der Waals surface area contributed by atoms with E-state index in [1.54, 1.807) is 25.5 Å². The molecular weight excluding hydrogens is 216 g/mol. The Morgan fingerprint density at radius 1 is 1.53 bits per heavy atom. The van der Waals surface area contributed by atoms with Crippen molar-refractivity contribution >= 4 is 12.1 Å². The van der Waals surface area contributed by atoms with Gasteiger partial charge >= 0.3 is 6.03 Å². The zero-order chi connectivity index (χ0) is 12.5. The lowest BCUT2D eigenvalue weighted by molar-refractivity contribution is 0.245. The first kappa shape index (κ1) is 12.8. The Balaban J connectivity index is 2.47. The van der Waals surface area contributed by atoms with Crippen molar-refractivity contribution in [2.45, 2.75) is 0 Å². The van der Waals surface area contributed by atoms with Crippen LogP contribution in [0, 0.1) is 0 Å². The number of hydrogen-bond donors (Lipinski definition) is 2. The molecule has 0 heterocycles. The monoisotopic (exact) mass is 232 g/mol. The van der Waals surface area contributed by atoms with Gasteiger partial charge in [0.1, 0.15) is 5.75 Å². The Hall–Kier alpha value is -2.23. The minimum Gasteiger partial charge on any atom is -0.497 e. The Morgan fingerprint density at radius 3 is 3.06 bits per heavy atom. The van der Waals surface area contributed by atoms with Crippen LogP contribution in [0.15, 0.2) is 43.1 Å². The molecule has 0 saturated heterocycles. The van der Waals surface area contributed by atoms with Crippen molar-refractivity contribution in [3.63, 3.8) is 0 Å². The molecule has 1 rings (SSSR count). The maximum Gasteiger partial charge on any atom is 0.319 e. The van der Waals surface area contributed by atoms with Crippen molar-refractivity contribution in [2.75, 3.05) is 13.7 Å². The number of amides is 2. The van der Waals surface area contributed by atoms with Crippen molar-refractivity contribution in [1.29, 1.82) is 0 Å². The van der Waals surface area contributed by atoms with Crippen LogP contribution in [0.3, 0.4) is 0 Å². The van der Waals surface area contributed by atoms with E-state index < -0.39 is 0 Å². The maximum absolute atomic E-state index is 11.2. The summed E-state index contributed by atoms with van der Waals surface area (Å²) in [6.45, 7) is 3.95. The molecule has 0 aliphatic rings. The van der Waals surface area contributed by atoms with E-state index in [-0.39, 0.29) is 6.03 Å². The molecule has 1 aromatic carbocycles. The molecule has 0 spiro atoms. The number of benzene rings is 1. The molecule has 4 heteroatoms. The lowest BCUT2D eigenvalue weighted by atomic mass is 10.2. The zero-order valence-electron chi connectivity index (χ0n) is 9.77. The molecule has 90 valence electrons. The smallest absolute Gasteiger partial charge is 0.319 e. The number of nitrogens with one attached hydrogen (secondary N) is 2.